The third-order valence-corrected chi connectivity index (χ3v) is 3.59. The Morgan fingerprint density at radius 1 is 1.20 bits per heavy atom. The van der Waals surface area contributed by atoms with Gasteiger partial charge in [0.05, 0.1) is 24.2 Å². The van der Waals surface area contributed by atoms with Gasteiger partial charge in [-0.1, -0.05) is 23.7 Å². The highest BCUT2D eigenvalue weighted by Crippen LogP contribution is 2.32. The molecule has 4 nitrogen and oxygen atoms in total. The van der Waals surface area contributed by atoms with E-state index < -0.39 is 12.0 Å². The highest BCUT2D eigenvalue weighted by molar-refractivity contribution is 8.13. The number of aliphatic imine (C=N–C) groups is 1. The van der Waals surface area contributed by atoms with Crippen molar-refractivity contribution in [2.75, 3.05) is 6.54 Å². The first kappa shape index (κ1) is 13.4. The maximum absolute atomic E-state index is 12.8. The standard InChI is InChI=1S/C11H6ClF3N4S/c12-7-3-1-6(2-4-7)8-5-16-10-19(17-8)9(18-20-10)11(13,14)15/h1-4H,5H2. The zero-order valence-electron chi connectivity index (χ0n) is 9.73. The molecular weight excluding hydrogens is 313 g/mol. The Morgan fingerprint density at radius 2 is 1.90 bits per heavy atom. The number of hydrogen-bond acceptors (Lipinski definition) is 5. The summed E-state index contributed by atoms with van der Waals surface area (Å²) in [4.78, 5) is 4.06. The second kappa shape index (κ2) is 4.78. The van der Waals surface area contributed by atoms with Gasteiger partial charge in [0.2, 0.25) is 11.0 Å². The molecule has 9 heteroatoms. The molecule has 0 spiro atoms. The van der Waals surface area contributed by atoms with E-state index in [2.05, 4.69) is 14.5 Å². The summed E-state index contributed by atoms with van der Waals surface area (Å²) in [6.45, 7) is 0.209. The van der Waals surface area contributed by atoms with Crippen LogP contribution >= 0.6 is 23.5 Å². The Balaban J connectivity index is 1.93. The number of benzene rings is 1. The maximum Gasteiger partial charge on any atom is 0.452 e. The van der Waals surface area contributed by atoms with Gasteiger partial charge in [0, 0.05) is 5.02 Å². The van der Waals surface area contributed by atoms with E-state index in [-0.39, 0.29) is 11.7 Å². The van der Waals surface area contributed by atoms with Gasteiger partial charge in [0.15, 0.2) is 0 Å². The van der Waals surface area contributed by atoms with Crippen molar-refractivity contribution >= 4 is 40.3 Å². The van der Waals surface area contributed by atoms with Gasteiger partial charge in [0.1, 0.15) is 0 Å². The molecule has 0 aliphatic carbocycles. The van der Waals surface area contributed by atoms with Crippen LogP contribution in [0.1, 0.15) is 5.56 Å². The minimum Gasteiger partial charge on any atom is -0.253 e. The van der Waals surface area contributed by atoms with Crippen molar-refractivity contribution in [3.05, 3.63) is 34.9 Å². The molecule has 0 radical (unpaired) electrons. The van der Waals surface area contributed by atoms with Crippen molar-refractivity contribution in [3.8, 4) is 0 Å². The van der Waals surface area contributed by atoms with Crippen LogP contribution in [-0.4, -0.2) is 34.4 Å². The van der Waals surface area contributed by atoms with Gasteiger partial charge >= 0.3 is 6.18 Å². The van der Waals surface area contributed by atoms with Gasteiger partial charge in [0.25, 0.3) is 0 Å². The van der Waals surface area contributed by atoms with Gasteiger partial charge < -0.3 is 0 Å². The molecule has 0 saturated carbocycles. The minimum absolute atomic E-state index is 0.134. The molecule has 0 bridgehead atoms. The van der Waals surface area contributed by atoms with Gasteiger partial charge in [-0.25, -0.2) is 0 Å². The Morgan fingerprint density at radius 3 is 2.55 bits per heavy atom. The van der Waals surface area contributed by atoms with Crippen LogP contribution in [-0.2, 0) is 0 Å². The van der Waals surface area contributed by atoms with Crippen LogP contribution in [0.25, 0.3) is 0 Å². The molecule has 0 unspecified atom stereocenters. The molecule has 2 heterocycles. The summed E-state index contributed by atoms with van der Waals surface area (Å²) in [5, 5.41) is 5.41. The van der Waals surface area contributed by atoms with Crippen molar-refractivity contribution in [2.45, 2.75) is 6.18 Å². The van der Waals surface area contributed by atoms with Crippen molar-refractivity contribution in [1.82, 2.24) is 5.01 Å². The zero-order chi connectivity index (χ0) is 14.3. The molecule has 3 rings (SSSR count). The lowest BCUT2D eigenvalue weighted by Gasteiger charge is -2.21. The lowest BCUT2D eigenvalue weighted by atomic mass is 10.1. The Hall–Kier alpha value is -1.54. The van der Waals surface area contributed by atoms with Crippen LogP contribution in [0.2, 0.25) is 5.02 Å². The van der Waals surface area contributed by atoms with Crippen LogP contribution in [0, 0.1) is 0 Å². The van der Waals surface area contributed by atoms with Crippen molar-refractivity contribution in [2.24, 2.45) is 14.5 Å². The van der Waals surface area contributed by atoms with Gasteiger partial charge in [-0.2, -0.15) is 27.7 Å². The van der Waals surface area contributed by atoms with Gasteiger partial charge in [-0.3, -0.25) is 4.99 Å². The van der Waals surface area contributed by atoms with Gasteiger partial charge in [-0.15, -0.1) is 0 Å². The molecule has 1 aromatic rings. The topological polar surface area (TPSA) is 40.3 Å². The Kier molecular flexibility index (Phi) is 3.21. The number of halogens is 4. The molecular formula is C11H6ClF3N4S. The number of hydrogen-bond donors (Lipinski definition) is 0. The number of hydrazone groups is 1. The van der Waals surface area contributed by atoms with Crippen molar-refractivity contribution in [1.29, 1.82) is 0 Å². The molecule has 0 fully saturated rings. The normalized spacial score (nSPS) is 18.4. The number of rotatable bonds is 1. The predicted molar refractivity (Wildman–Crippen MR) is 73.2 cm³/mol. The molecule has 0 amide bonds. The highest BCUT2D eigenvalue weighted by Gasteiger charge is 2.46. The molecule has 104 valence electrons. The first-order valence-electron chi connectivity index (χ1n) is 5.45. The van der Waals surface area contributed by atoms with E-state index in [1.807, 2.05) is 0 Å². The lowest BCUT2D eigenvalue weighted by molar-refractivity contribution is -0.0654. The highest BCUT2D eigenvalue weighted by atomic mass is 35.5. The number of fused-ring (bicyclic) bond motifs is 1. The summed E-state index contributed by atoms with van der Waals surface area (Å²) in [5.41, 5.74) is 1.11. The van der Waals surface area contributed by atoms with Crippen LogP contribution < -0.4 is 0 Å². The Labute approximate surface area is 121 Å². The van der Waals surface area contributed by atoms with E-state index in [1.54, 1.807) is 24.3 Å². The number of nitrogens with zero attached hydrogens (tertiary/aromatic N) is 4. The van der Waals surface area contributed by atoms with E-state index in [1.165, 1.54) is 0 Å². The fourth-order valence-corrected chi connectivity index (χ4v) is 2.50. The summed E-state index contributed by atoms with van der Waals surface area (Å²) < 4.78 is 41.7. The molecule has 20 heavy (non-hydrogen) atoms. The van der Waals surface area contributed by atoms with E-state index in [0.29, 0.717) is 28.2 Å². The first-order chi connectivity index (χ1) is 9.45. The predicted octanol–water partition coefficient (Wildman–Crippen LogP) is 3.34. The summed E-state index contributed by atoms with van der Waals surface area (Å²) in [6.07, 6.45) is -4.56. The molecule has 2 aliphatic rings. The fraction of sp³-hybridized carbons (Fsp3) is 0.182. The number of amidine groups is 2. The Bertz CT molecular complexity index is 636. The van der Waals surface area contributed by atoms with Crippen LogP contribution in [0.5, 0.6) is 0 Å². The third-order valence-electron chi connectivity index (χ3n) is 2.61. The zero-order valence-corrected chi connectivity index (χ0v) is 11.3. The largest absolute Gasteiger partial charge is 0.452 e. The summed E-state index contributed by atoms with van der Waals surface area (Å²) in [5.74, 6) is -1.06. The SMILES string of the molecule is FC(F)(F)C1=NSC2=NCC(c3ccc(Cl)cc3)=NN21. The third kappa shape index (κ3) is 2.40. The van der Waals surface area contributed by atoms with Crippen LogP contribution in [0.15, 0.2) is 38.8 Å². The van der Waals surface area contributed by atoms with E-state index in [4.69, 9.17) is 11.6 Å². The van der Waals surface area contributed by atoms with E-state index >= 15 is 0 Å². The minimum atomic E-state index is -4.56. The van der Waals surface area contributed by atoms with Crippen LogP contribution in [0.3, 0.4) is 0 Å². The quantitative estimate of drug-likeness (QED) is 0.745. The lowest BCUT2D eigenvalue weighted by Crippen LogP contribution is -2.40. The van der Waals surface area contributed by atoms with Crippen molar-refractivity contribution in [3.63, 3.8) is 0 Å². The molecule has 0 saturated heterocycles. The number of alkyl halides is 3. The first-order valence-corrected chi connectivity index (χ1v) is 6.60. The molecule has 0 atom stereocenters. The monoisotopic (exact) mass is 318 g/mol. The average molecular weight is 319 g/mol. The van der Waals surface area contributed by atoms with Gasteiger partial charge in [-0.05, 0) is 17.7 Å². The summed E-state index contributed by atoms with van der Waals surface area (Å²) >= 11 is 6.45. The molecule has 2 aliphatic heterocycles. The fourth-order valence-electron chi connectivity index (χ4n) is 1.70. The molecule has 0 N–H and O–H groups in total. The summed E-state index contributed by atoms with van der Waals surface area (Å²) in [7, 11) is 0. The maximum atomic E-state index is 12.8. The molecule has 0 aromatic heterocycles. The van der Waals surface area contributed by atoms with Crippen LogP contribution in [0.4, 0.5) is 13.2 Å². The summed E-state index contributed by atoms with van der Waals surface area (Å²) in [6, 6.07) is 6.68. The molecule has 1 aromatic carbocycles. The smallest absolute Gasteiger partial charge is 0.253 e. The second-order valence-electron chi connectivity index (χ2n) is 3.97. The van der Waals surface area contributed by atoms with E-state index in [0.717, 1.165) is 5.01 Å². The van der Waals surface area contributed by atoms with E-state index in [9.17, 15) is 13.2 Å². The second-order valence-corrected chi connectivity index (χ2v) is 5.13. The average Bonchev–Trinajstić information content (AvgIpc) is 2.82. The van der Waals surface area contributed by atoms with Crippen molar-refractivity contribution < 1.29 is 13.2 Å².